The summed E-state index contributed by atoms with van der Waals surface area (Å²) in [6, 6.07) is 0. The maximum Gasteiger partial charge on any atom is 0.132 e. The van der Waals surface area contributed by atoms with Gasteiger partial charge in [-0.05, 0) is 6.26 Å². The van der Waals surface area contributed by atoms with E-state index in [0.717, 1.165) is 0 Å². The van der Waals surface area contributed by atoms with Crippen LogP contribution in [0.4, 0.5) is 0 Å². The summed E-state index contributed by atoms with van der Waals surface area (Å²) in [5.74, 6) is 0. The Bertz CT molecular complexity index is 167. The van der Waals surface area contributed by atoms with Crippen molar-refractivity contribution in [1.29, 1.82) is 0 Å². The lowest BCUT2D eigenvalue weighted by Gasteiger charge is -2.18. The maximum atomic E-state index is 9.40. The first-order valence-electron chi connectivity index (χ1n) is 3.95. The summed E-state index contributed by atoms with van der Waals surface area (Å²) in [5, 5.41) is 36.6. The van der Waals surface area contributed by atoms with E-state index in [2.05, 4.69) is 0 Å². The highest BCUT2D eigenvalue weighted by Crippen LogP contribution is 2.29. The number of thioether (sulfide) groups is 1. The first-order valence-corrected chi connectivity index (χ1v) is 5.24. The molecule has 5 nitrogen and oxygen atoms in total. The monoisotopic (exact) mass is 210 g/mol. The number of hydrogen-bond acceptors (Lipinski definition) is 6. The summed E-state index contributed by atoms with van der Waals surface area (Å²) < 4.78 is 5.14. The van der Waals surface area contributed by atoms with Crippen molar-refractivity contribution in [2.45, 2.75) is 29.9 Å². The van der Waals surface area contributed by atoms with Gasteiger partial charge in [0.25, 0.3) is 0 Å². The summed E-state index contributed by atoms with van der Waals surface area (Å²) >= 11 is 1.25. The minimum Gasteiger partial charge on any atom is -0.394 e. The number of aliphatic hydroxyl groups is 4. The molecule has 0 spiro atoms. The average molecular weight is 210 g/mol. The topological polar surface area (TPSA) is 90.2 Å². The zero-order chi connectivity index (χ0) is 10.0. The molecule has 0 saturated carbocycles. The Balaban J connectivity index is 2.60. The van der Waals surface area contributed by atoms with Gasteiger partial charge in [0.15, 0.2) is 0 Å². The van der Waals surface area contributed by atoms with Gasteiger partial charge < -0.3 is 25.2 Å². The number of rotatable bonds is 3. The van der Waals surface area contributed by atoms with Crippen LogP contribution in [0.1, 0.15) is 0 Å². The molecule has 0 aromatic carbocycles. The van der Waals surface area contributed by atoms with Crippen LogP contribution in [0.25, 0.3) is 0 Å². The molecular weight excluding hydrogens is 196 g/mol. The molecule has 0 amide bonds. The smallest absolute Gasteiger partial charge is 0.132 e. The van der Waals surface area contributed by atoms with Gasteiger partial charge in [-0.25, -0.2) is 0 Å². The highest BCUT2D eigenvalue weighted by atomic mass is 32.2. The van der Waals surface area contributed by atoms with E-state index in [1.54, 1.807) is 6.26 Å². The molecule has 4 N–H and O–H groups in total. The van der Waals surface area contributed by atoms with E-state index in [4.69, 9.17) is 9.84 Å². The lowest BCUT2D eigenvalue weighted by molar-refractivity contribution is -0.0713. The van der Waals surface area contributed by atoms with Crippen LogP contribution in [0.5, 0.6) is 0 Å². The summed E-state index contributed by atoms with van der Waals surface area (Å²) in [4.78, 5) is 0. The molecule has 1 aliphatic heterocycles. The minimum absolute atomic E-state index is 0.491. The van der Waals surface area contributed by atoms with E-state index in [1.807, 2.05) is 0 Å². The van der Waals surface area contributed by atoms with Crippen molar-refractivity contribution < 1.29 is 25.2 Å². The van der Waals surface area contributed by atoms with Crippen molar-refractivity contribution in [3.05, 3.63) is 0 Å². The lowest BCUT2D eigenvalue weighted by atomic mass is 10.1. The van der Waals surface area contributed by atoms with E-state index in [1.165, 1.54) is 11.8 Å². The zero-order valence-electron chi connectivity index (χ0n) is 7.20. The first kappa shape index (κ1) is 11.2. The molecule has 5 atom stereocenters. The van der Waals surface area contributed by atoms with Crippen LogP contribution in [0, 0.1) is 0 Å². The molecule has 1 aliphatic rings. The summed E-state index contributed by atoms with van der Waals surface area (Å²) in [5.41, 5.74) is -0.541. The average Bonchev–Trinajstić information content (AvgIpc) is 2.43. The van der Waals surface area contributed by atoms with Gasteiger partial charge in [-0.1, -0.05) is 0 Å². The predicted molar refractivity (Wildman–Crippen MR) is 47.3 cm³/mol. The van der Waals surface area contributed by atoms with E-state index in [-0.39, 0.29) is 0 Å². The van der Waals surface area contributed by atoms with Crippen molar-refractivity contribution in [3.63, 3.8) is 0 Å². The van der Waals surface area contributed by atoms with Crippen molar-refractivity contribution in [1.82, 2.24) is 0 Å². The second-order valence-corrected chi connectivity index (χ2v) is 3.87. The standard InChI is InChI=1S/C7H14O5S/c1-13-7-5(11)4(10)6(12-7)3(9)2-8/h3-11H,2H2,1H3/t3-,4-,5-,6-,7+/m1/s1. The summed E-state index contributed by atoms with van der Waals surface area (Å²) in [6.45, 7) is -0.491. The molecule has 1 saturated heterocycles. The normalized spacial score (nSPS) is 42.2. The van der Waals surface area contributed by atoms with Crippen molar-refractivity contribution in [2.24, 2.45) is 0 Å². The van der Waals surface area contributed by atoms with Crippen LogP contribution in [-0.4, -0.2) is 63.1 Å². The van der Waals surface area contributed by atoms with Crippen LogP contribution in [0.15, 0.2) is 0 Å². The molecule has 0 radical (unpaired) electrons. The molecule has 0 bridgehead atoms. The van der Waals surface area contributed by atoms with Crippen LogP contribution in [0.2, 0.25) is 0 Å². The zero-order valence-corrected chi connectivity index (χ0v) is 8.02. The van der Waals surface area contributed by atoms with E-state index in [0.29, 0.717) is 0 Å². The van der Waals surface area contributed by atoms with Gasteiger partial charge in [-0.3, -0.25) is 0 Å². The van der Waals surface area contributed by atoms with Crippen molar-refractivity contribution >= 4 is 11.8 Å². The molecular formula is C7H14O5S. The fraction of sp³-hybridized carbons (Fsp3) is 1.00. The van der Waals surface area contributed by atoms with Crippen molar-refractivity contribution in [3.8, 4) is 0 Å². The lowest BCUT2D eigenvalue weighted by Crippen LogP contribution is -2.40. The van der Waals surface area contributed by atoms with Crippen LogP contribution in [0.3, 0.4) is 0 Å². The second-order valence-electron chi connectivity index (χ2n) is 2.94. The van der Waals surface area contributed by atoms with Gasteiger partial charge in [0, 0.05) is 0 Å². The van der Waals surface area contributed by atoms with Gasteiger partial charge in [0.1, 0.15) is 29.9 Å². The third kappa shape index (κ3) is 2.15. The Morgan fingerprint density at radius 3 is 2.38 bits per heavy atom. The molecule has 78 valence electrons. The largest absolute Gasteiger partial charge is 0.394 e. The second kappa shape index (κ2) is 4.59. The molecule has 0 aromatic heterocycles. The Kier molecular flexibility index (Phi) is 3.96. The molecule has 0 aliphatic carbocycles. The molecule has 1 fully saturated rings. The number of ether oxygens (including phenoxy) is 1. The van der Waals surface area contributed by atoms with Gasteiger partial charge in [0.2, 0.25) is 0 Å². The van der Waals surface area contributed by atoms with E-state index >= 15 is 0 Å². The fourth-order valence-electron chi connectivity index (χ4n) is 1.29. The molecule has 1 rings (SSSR count). The Morgan fingerprint density at radius 2 is 2.00 bits per heavy atom. The van der Waals surface area contributed by atoms with Gasteiger partial charge in [-0.2, -0.15) is 0 Å². The predicted octanol–water partition coefficient (Wildman–Crippen LogP) is -1.85. The number of hydrogen-bond donors (Lipinski definition) is 4. The Labute approximate surface area is 80.3 Å². The molecule has 1 heterocycles. The minimum atomic E-state index is -1.15. The summed E-state index contributed by atoms with van der Waals surface area (Å²) in [7, 11) is 0. The van der Waals surface area contributed by atoms with Crippen molar-refractivity contribution in [2.75, 3.05) is 12.9 Å². The molecule has 6 heteroatoms. The van der Waals surface area contributed by atoms with Crippen LogP contribution in [-0.2, 0) is 4.74 Å². The van der Waals surface area contributed by atoms with E-state index in [9.17, 15) is 15.3 Å². The van der Waals surface area contributed by atoms with Crippen LogP contribution >= 0.6 is 11.8 Å². The maximum absolute atomic E-state index is 9.40. The van der Waals surface area contributed by atoms with E-state index < -0.39 is 36.5 Å². The highest BCUT2D eigenvalue weighted by molar-refractivity contribution is 7.99. The highest BCUT2D eigenvalue weighted by Gasteiger charge is 2.45. The van der Waals surface area contributed by atoms with Crippen LogP contribution < -0.4 is 0 Å². The summed E-state index contributed by atoms with van der Waals surface area (Å²) in [6.07, 6.45) is -2.48. The number of aliphatic hydroxyl groups excluding tert-OH is 4. The molecule has 13 heavy (non-hydrogen) atoms. The van der Waals surface area contributed by atoms with Gasteiger partial charge in [-0.15, -0.1) is 11.8 Å². The van der Waals surface area contributed by atoms with Gasteiger partial charge >= 0.3 is 0 Å². The third-order valence-electron chi connectivity index (χ3n) is 2.06. The Hall–Kier alpha value is 0.150. The molecule has 0 unspecified atom stereocenters. The quantitative estimate of drug-likeness (QED) is 0.437. The third-order valence-corrected chi connectivity index (χ3v) is 2.91. The first-order chi connectivity index (χ1) is 6.11. The Morgan fingerprint density at radius 1 is 1.38 bits per heavy atom. The SMILES string of the molecule is CS[C@@H]1O[C@H]([C@H](O)CO)[C@H](O)[C@H]1O. The molecule has 0 aromatic rings. The fourth-order valence-corrected chi connectivity index (χ4v) is 1.97. The van der Waals surface area contributed by atoms with Gasteiger partial charge in [0.05, 0.1) is 6.61 Å².